The van der Waals surface area contributed by atoms with E-state index in [4.69, 9.17) is 19.2 Å². The number of fused-ring (bicyclic) bond motifs is 1. The van der Waals surface area contributed by atoms with Gasteiger partial charge in [0.2, 0.25) is 11.7 Å². The number of methoxy groups -OCH3 is 3. The van der Waals surface area contributed by atoms with Crippen molar-refractivity contribution >= 4 is 22.9 Å². The number of pyridine rings is 1. The number of ether oxygens (including phenoxy) is 3. The largest absolute Gasteiger partial charge is 0.493 e. The summed E-state index contributed by atoms with van der Waals surface area (Å²) in [5.74, 6) is 0.0864. The van der Waals surface area contributed by atoms with Crippen LogP contribution in [0.15, 0.2) is 79.1 Å². The Balaban J connectivity index is 1.04. The van der Waals surface area contributed by atoms with E-state index in [2.05, 4.69) is 25.8 Å². The molecule has 10 nitrogen and oxygen atoms in total. The molecule has 12 heteroatoms. The highest BCUT2D eigenvalue weighted by Gasteiger charge is 2.42. The van der Waals surface area contributed by atoms with Crippen LogP contribution in [0, 0.1) is 11.6 Å². The van der Waals surface area contributed by atoms with E-state index in [-0.39, 0.29) is 11.9 Å². The first-order valence-corrected chi connectivity index (χ1v) is 17.7. The van der Waals surface area contributed by atoms with Crippen molar-refractivity contribution in [2.24, 2.45) is 0 Å². The molecule has 0 spiro atoms. The van der Waals surface area contributed by atoms with Gasteiger partial charge in [-0.15, -0.1) is 0 Å². The number of benzene rings is 3. The Kier molecular flexibility index (Phi) is 10.3. The van der Waals surface area contributed by atoms with Gasteiger partial charge in [0.05, 0.1) is 38.9 Å². The third-order valence-electron chi connectivity index (χ3n) is 10.7. The number of imidazole rings is 1. The zero-order valence-electron chi connectivity index (χ0n) is 29.8. The maximum Gasteiger partial charge on any atom is 0.254 e. The second-order valence-corrected chi connectivity index (χ2v) is 13.7. The number of amides is 1. The van der Waals surface area contributed by atoms with Crippen LogP contribution in [-0.4, -0.2) is 90.3 Å². The molecular formula is C40H44F2N6O4. The fraction of sp³-hybridized carbons (Fsp3) is 0.375. The molecule has 0 aliphatic carbocycles. The molecule has 7 rings (SSSR count). The van der Waals surface area contributed by atoms with Gasteiger partial charge in [0.25, 0.3) is 5.91 Å². The summed E-state index contributed by atoms with van der Waals surface area (Å²) in [5, 5.41) is 3.74. The SMILES string of the molecule is COc1cc(C(=O)N2CCC(CCN3CCC(Nc4nc5ccccc5n4Cc4ccncc4)CC3)(c3ccc(F)c(F)c3)C2)cc(OC)c1OC. The van der Waals surface area contributed by atoms with Crippen molar-refractivity contribution < 1.29 is 27.8 Å². The van der Waals surface area contributed by atoms with Gasteiger partial charge in [-0.1, -0.05) is 18.2 Å². The van der Waals surface area contributed by atoms with Crippen molar-refractivity contribution in [1.82, 2.24) is 24.3 Å². The number of halogens is 2. The Morgan fingerprint density at radius 2 is 1.63 bits per heavy atom. The summed E-state index contributed by atoms with van der Waals surface area (Å²) < 4.78 is 47.4. The zero-order valence-corrected chi connectivity index (χ0v) is 29.8. The van der Waals surface area contributed by atoms with Gasteiger partial charge in [0.1, 0.15) is 0 Å². The van der Waals surface area contributed by atoms with Crippen LogP contribution in [0.1, 0.15) is 47.2 Å². The van der Waals surface area contributed by atoms with Gasteiger partial charge < -0.3 is 33.9 Å². The molecule has 2 aromatic heterocycles. The first-order valence-electron chi connectivity index (χ1n) is 17.7. The predicted octanol–water partition coefficient (Wildman–Crippen LogP) is 6.53. The molecule has 2 aliphatic heterocycles. The molecule has 5 aromatic rings. The molecule has 272 valence electrons. The number of hydrogen-bond donors (Lipinski definition) is 1. The number of hydrogen-bond acceptors (Lipinski definition) is 8. The number of carbonyl (C=O) groups excluding carboxylic acids is 1. The van der Waals surface area contributed by atoms with E-state index >= 15 is 0 Å². The first kappa shape index (κ1) is 35.2. The average molecular weight is 711 g/mol. The zero-order chi connectivity index (χ0) is 36.2. The van der Waals surface area contributed by atoms with E-state index in [0.29, 0.717) is 60.9 Å². The van der Waals surface area contributed by atoms with Crippen LogP contribution in [0.3, 0.4) is 0 Å². The van der Waals surface area contributed by atoms with Gasteiger partial charge in [-0.25, -0.2) is 13.8 Å². The summed E-state index contributed by atoms with van der Waals surface area (Å²) in [6.45, 7) is 4.06. The average Bonchev–Trinajstić information content (AvgIpc) is 3.77. The maximum absolute atomic E-state index is 14.7. The standard InChI is InChI=1S/C40H44F2N6O4/c1-50-35-22-28(23-36(51-2)37(35)52-3)38(49)47-21-15-40(26-47,29-8-9-31(41)32(42)24-29)14-20-46-18-12-30(13-19-46)44-39-45-33-6-4-5-7-34(33)48(39)25-27-10-16-43-17-11-27/h4-11,16-17,22-24,30H,12-15,18-21,25-26H2,1-3H3,(H,44,45). The van der Waals surface area contributed by atoms with E-state index in [1.165, 1.54) is 33.5 Å². The molecule has 1 atom stereocenters. The molecule has 4 heterocycles. The number of nitrogens with zero attached hydrogens (tertiary/aromatic N) is 5. The molecule has 0 radical (unpaired) electrons. The predicted molar refractivity (Wildman–Crippen MR) is 195 cm³/mol. The van der Waals surface area contributed by atoms with Gasteiger partial charge in [-0.3, -0.25) is 9.78 Å². The van der Waals surface area contributed by atoms with Crippen molar-refractivity contribution in [2.75, 3.05) is 59.4 Å². The highest BCUT2D eigenvalue weighted by molar-refractivity contribution is 5.96. The van der Waals surface area contributed by atoms with Crippen LogP contribution in [0.2, 0.25) is 0 Å². The van der Waals surface area contributed by atoms with Crippen LogP contribution < -0.4 is 19.5 Å². The van der Waals surface area contributed by atoms with Crippen molar-refractivity contribution in [2.45, 2.75) is 43.7 Å². The molecule has 2 fully saturated rings. The van der Waals surface area contributed by atoms with Crippen LogP contribution in [-0.2, 0) is 12.0 Å². The topological polar surface area (TPSA) is 94.0 Å². The number of aromatic nitrogens is 3. The Bertz CT molecular complexity index is 2010. The highest BCUT2D eigenvalue weighted by atomic mass is 19.2. The lowest BCUT2D eigenvalue weighted by atomic mass is 9.76. The Morgan fingerprint density at radius 1 is 0.904 bits per heavy atom. The molecule has 2 aliphatic rings. The minimum absolute atomic E-state index is 0.189. The van der Waals surface area contributed by atoms with Gasteiger partial charge in [-0.2, -0.15) is 0 Å². The smallest absolute Gasteiger partial charge is 0.254 e. The number of anilines is 1. The van der Waals surface area contributed by atoms with Gasteiger partial charge in [0.15, 0.2) is 23.1 Å². The Morgan fingerprint density at radius 3 is 2.33 bits per heavy atom. The number of nitrogens with one attached hydrogen (secondary N) is 1. The van der Waals surface area contributed by atoms with E-state index in [1.54, 1.807) is 23.1 Å². The van der Waals surface area contributed by atoms with E-state index in [9.17, 15) is 13.6 Å². The van der Waals surface area contributed by atoms with Crippen molar-refractivity contribution in [3.8, 4) is 17.2 Å². The third kappa shape index (κ3) is 7.12. The van der Waals surface area contributed by atoms with Crippen molar-refractivity contribution in [3.63, 3.8) is 0 Å². The number of para-hydroxylation sites is 2. The third-order valence-corrected chi connectivity index (χ3v) is 10.7. The van der Waals surface area contributed by atoms with Gasteiger partial charge in [0, 0.05) is 55.6 Å². The molecule has 1 unspecified atom stereocenters. The minimum atomic E-state index is -0.883. The fourth-order valence-corrected chi connectivity index (χ4v) is 7.72. The van der Waals surface area contributed by atoms with Crippen LogP contribution >= 0.6 is 0 Å². The number of carbonyl (C=O) groups is 1. The quantitative estimate of drug-likeness (QED) is 0.156. The van der Waals surface area contributed by atoms with Crippen molar-refractivity contribution in [3.05, 3.63) is 107 Å². The lowest BCUT2D eigenvalue weighted by molar-refractivity contribution is 0.0779. The van der Waals surface area contributed by atoms with E-state index < -0.39 is 17.0 Å². The first-order chi connectivity index (χ1) is 25.3. The summed E-state index contributed by atoms with van der Waals surface area (Å²) in [5.41, 5.74) is 3.75. The lowest BCUT2D eigenvalue weighted by Crippen LogP contribution is -2.42. The number of piperidine rings is 1. The fourth-order valence-electron chi connectivity index (χ4n) is 7.72. The molecular weight excluding hydrogens is 666 g/mol. The monoisotopic (exact) mass is 710 g/mol. The molecule has 0 bridgehead atoms. The summed E-state index contributed by atoms with van der Waals surface area (Å²) in [4.78, 5) is 27.2. The summed E-state index contributed by atoms with van der Waals surface area (Å²) in [7, 11) is 4.53. The lowest BCUT2D eigenvalue weighted by Gasteiger charge is -2.36. The minimum Gasteiger partial charge on any atom is -0.493 e. The highest BCUT2D eigenvalue weighted by Crippen LogP contribution is 2.42. The Labute approximate surface area is 302 Å². The molecule has 52 heavy (non-hydrogen) atoms. The second kappa shape index (κ2) is 15.2. The summed E-state index contributed by atoms with van der Waals surface area (Å²) in [6.07, 6.45) is 6.80. The van der Waals surface area contributed by atoms with E-state index in [0.717, 1.165) is 55.0 Å². The molecule has 0 saturated carbocycles. The molecule has 2 saturated heterocycles. The summed E-state index contributed by atoms with van der Waals surface area (Å²) >= 11 is 0. The second-order valence-electron chi connectivity index (χ2n) is 13.7. The molecule has 1 amide bonds. The van der Waals surface area contributed by atoms with Crippen LogP contribution in [0.5, 0.6) is 17.2 Å². The Hall–Kier alpha value is -5.23. The summed E-state index contributed by atoms with van der Waals surface area (Å²) in [6, 6.07) is 19.9. The van der Waals surface area contributed by atoms with Gasteiger partial charge in [-0.05, 0) is 91.9 Å². The van der Waals surface area contributed by atoms with Crippen LogP contribution in [0.25, 0.3) is 11.0 Å². The number of likely N-dealkylation sites (tertiary alicyclic amines) is 2. The van der Waals surface area contributed by atoms with E-state index in [1.807, 2.05) is 42.7 Å². The maximum atomic E-state index is 14.7. The number of rotatable bonds is 12. The van der Waals surface area contributed by atoms with Gasteiger partial charge >= 0.3 is 0 Å². The van der Waals surface area contributed by atoms with Crippen LogP contribution in [0.4, 0.5) is 14.7 Å². The normalized spacial score (nSPS) is 18.1. The van der Waals surface area contributed by atoms with Crippen molar-refractivity contribution in [1.29, 1.82) is 0 Å². The molecule has 1 N–H and O–H groups in total. The molecule has 3 aromatic carbocycles.